The van der Waals surface area contributed by atoms with E-state index in [1.54, 1.807) is 0 Å². The summed E-state index contributed by atoms with van der Waals surface area (Å²) < 4.78 is 10.6. The lowest BCUT2D eigenvalue weighted by Gasteiger charge is -2.27. The molecule has 0 aliphatic carbocycles. The number of rotatable bonds is 6. The number of morpholine rings is 2. The maximum Gasteiger partial charge on any atom is 0.135 e. The summed E-state index contributed by atoms with van der Waals surface area (Å²) in [4.78, 5) is 16.4. The summed E-state index contributed by atoms with van der Waals surface area (Å²) in [6, 6.07) is 0. The summed E-state index contributed by atoms with van der Waals surface area (Å²) >= 11 is 0. The molecular weight excluding hydrogens is 232 g/mol. The average Bonchev–Trinajstić information content (AvgIpc) is 2.45. The first-order chi connectivity index (χ1) is 8.84. The highest BCUT2D eigenvalue weighted by Gasteiger charge is 2.14. The summed E-state index contributed by atoms with van der Waals surface area (Å²) in [7, 11) is 0. The van der Waals surface area contributed by atoms with Crippen LogP contribution in [0.25, 0.3) is 0 Å². The molecule has 104 valence electrons. The highest BCUT2D eigenvalue weighted by Crippen LogP contribution is 2.02. The lowest BCUT2D eigenvalue weighted by molar-refractivity contribution is -0.120. The van der Waals surface area contributed by atoms with E-state index in [0.29, 0.717) is 18.6 Å². The van der Waals surface area contributed by atoms with Crippen molar-refractivity contribution < 1.29 is 14.3 Å². The van der Waals surface area contributed by atoms with Crippen LogP contribution in [0.1, 0.15) is 12.8 Å². The van der Waals surface area contributed by atoms with Crippen molar-refractivity contribution in [1.29, 1.82) is 0 Å². The van der Waals surface area contributed by atoms with Gasteiger partial charge < -0.3 is 9.47 Å². The minimum atomic E-state index is 0.382. The first-order valence-corrected chi connectivity index (χ1v) is 6.96. The summed E-state index contributed by atoms with van der Waals surface area (Å²) in [5.41, 5.74) is 0. The SMILES string of the molecule is O=C(CCN1CCOCC1)CCN1CCOCC1. The fourth-order valence-electron chi connectivity index (χ4n) is 2.34. The minimum absolute atomic E-state index is 0.382. The molecule has 2 rings (SSSR count). The topological polar surface area (TPSA) is 42.0 Å². The Balaban J connectivity index is 1.54. The maximum absolute atomic E-state index is 11.8. The van der Waals surface area contributed by atoms with Gasteiger partial charge in [0.25, 0.3) is 0 Å². The van der Waals surface area contributed by atoms with Crippen LogP contribution in [0, 0.1) is 0 Å². The number of Topliss-reactive ketones (excluding diaryl/α,β-unsaturated/α-hetero) is 1. The van der Waals surface area contributed by atoms with Gasteiger partial charge in [-0.1, -0.05) is 0 Å². The van der Waals surface area contributed by atoms with E-state index in [-0.39, 0.29) is 0 Å². The van der Waals surface area contributed by atoms with Crippen molar-refractivity contribution in [3.05, 3.63) is 0 Å². The van der Waals surface area contributed by atoms with Crippen molar-refractivity contribution in [1.82, 2.24) is 9.80 Å². The number of ketones is 1. The second kappa shape index (κ2) is 7.84. The third kappa shape index (κ3) is 5.02. The minimum Gasteiger partial charge on any atom is -0.379 e. The molecule has 2 aliphatic heterocycles. The highest BCUT2D eigenvalue weighted by atomic mass is 16.5. The fourth-order valence-corrected chi connectivity index (χ4v) is 2.34. The van der Waals surface area contributed by atoms with Crippen LogP contribution in [0.2, 0.25) is 0 Å². The standard InChI is InChI=1S/C13H24N2O3/c16-13(1-3-14-5-9-17-10-6-14)2-4-15-7-11-18-12-8-15/h1-12H2. The van der Waals surface area contributed by atoms with E-state index < -0.39 is 0 Å². The zero-order valence-corrected chi connectivity index (χ0v) is 11.1. The zero-order valence-electron chi connectivity index (χ0n) is 11.1. The molecule has 0 spiro atoms. The normalized spacial score (nSPS) is 23.1. The molecule has 2 heterocycles. The van der Waals surface area contributed by atoms with E-state index in [1.807, 2.05) is 0 Å². The maximum atomic E-state index is 11.8. The number of ether oxygens (including phenoxy) is 2. The average molecular weight is 256 g/mol. The van der Waals surface area contributed by atoms with Crippen LogP contribution >= 0.6 is 0 Å². The first kappa shape index (κ1) is 13.9. The Morgan fingerprint density at radius 1 is 0.778 bits per heavy atom. The zero-order chi connectivity index (χ0) is 12.6. The number of hydrogen-bond acceptors (Lipinski definition) is 5. The molecule has 2 fully saturated rings. The Hall–Kier alpha value is -0.490. The predicted octanol–water partition coefficient (Wildman–Crippen LogP) is 0.000100. The van der Waals surface area contributed by atoms with Gasteiger partial charge in [-0.15, -0.1) is 0 Å². The molecule has 0 radical (unpaired) electrons. The van der Waals surface area contributed by atoms with Gasteiger partial charge in [0.05, 0.1) is 26.4 Å². The van der Waals surface area contributed by atoms with Gasteiger partial charge in [0.15, 0.2) is 0 Å². The van der Waals surface area contributed by atoms with Crippen molar-refractivity contribution >= 4 is 5.78 Å². The highest BCUT2D eigenvalue weighted by molar-refractivity contribution is 5.78. The predicted molar refractivity (Wildman–Crippen MR) is 68.8 cm³/mol. The molecule has 0 saturated carbocycles. The molecule has 2 aliphatic rings. The van der Waals surface area contributed by atoms with Crippen LogP contribution in [-0.2, 0) is 14.3 Å². The van der Waals surface area contributed by atoms with Gasteiger partial charge in [0.1, 0.15) is 5.78 Å². The van der Waals surface area contributed by atoms with E-state index in [2.05, 4.69) is 9.80 Å². The molecule has 0 unspecified atom stereocenters. The molecule has 0 aromatic rings. The van der Waals surface area contributed by atoms with Crippen molar-refractivity contribution in [2.24, 2.45) is 0 Å². The summed E-state index contributed by atoms with van der Waals surface area (Å²) in [6.45, 7) is 8.89. The second-order valence-electron chi connectivity index (χ2n) is 4.95. The number of carbonyl (C=O) groups excluding carboxylic acids is 1. The number of hydrogen-bond donors (Lipinski definition) is 0. The first-order valence-electron chi connectivity index (χ1n) is 6.96. The van der Waals surface area contributed by atoms with Gasteiger partial charge in [-0.05, 0) is 0 Å². The van der Waals surface area contributed by atoms with Crippen molar-refractivity contribution in [2.75, 3.05) is 65.7 Å². The molecule has 0 bridgehead atoms. The summed E-state index contributed by atoms with van der Waals surface area (Å²) in [5.74, 6) is 0.382. The van der Waals surface area contributed by atoms with Gasteiger partial charge >= 0.3 is 0 Å². The van der Waals surface area contributed by atoms with Gasteiger partial charge in [-0.25, -0.2) is 0 Å². The molecule has 0 atom stereocenters. The van der Waals surface area contributed by atoms with Crippen LogP contribution < -0.4 is 0 Å². The molecule has 0 aromatic carbocycles. The van der Waals surface area contributed by atoms with Crippen LogP contribution in [0.15, 0.2) is 0 Å². The Labute approximate surface area is 109 Å². The molecule has 0 N–H and O–H groups in total. The van der Waals surface area contributed by atoms with Crippen molar-refractivity contribution in [3.8, 4) is 0 Å². The third-order valence-electron chi connectivity index (χ3n) is 3.62. The van der Waals surface area contributed by atoms with Crippen LogP contribution in [-0.4, -0.2) is 81.3 Å². The number of carbonyl (C=O) groups is 1. The van der Waals surface area contributed by atoms with Crippen molar-refractivity contribution in [3.63, 3.8) is 0 Å². The largest absolute Gasteiger partial charge is 0.379 e. The molecule has 5 nitrogen and oxygen atoms in total. The number of nitrogens with zero attached hydrogens (tertiary/aromatic N) is 2. The van der Waals surface area contributed by atoms with Gasteiger partial charge in [0.2, 0.25) is 0 Å². The lowest BCUT2D eigenvalue weighted by Crippen LogP contribution is -2.39. The smallest absolute Gasteiger partial charge is 0.135 e. The molecule has 2 saturated heterocycles. The third-order valence-corrected chi connectivity index (χ3v) is 3.62. The van der Waals surface area contributed by atoms with Crippen LogP contribution in [0.5, 0.6) is 0 Å². The Bertz CT molecular complexity index is 225. The van der Waals surface area contributed by atoms with E-state index in [1.165, 1.54) is 0 Å². The molecular formula is C13H24N2O3. The summed E-state index contributed by atoms with van der Waals surface area (Å²) in [6.07, 6.45) is 1.37. The van der Waals surface area contributed by atoms with Crippen molar-refractivity contribution in [2.45, 2.75) is 12.8 Å². The molecule has 0 amide bonds. The van der Waals surface area contributed by atoms with Gasteiger partial charge in [-0.2, -0.15) is 0 Å². The monoisotopic (exact) mass is 256 g/mol. The van der Waals surface area contributed by atoms with Gasteiger partial charge in [-0.3, -0.25) is 14.6 Å². The fraction of sp³-hybridized carbons (Fsp3) is 0.923. The Kier molecular flexibility index (Phi) is 6.07. The Morgan fingerprint density at radius 2 is 1.17 bits per heavy atom. The molecule has 5 heteroatoms. The molecule has 0 aromatic heterocycles. The van der Waals surface area contributed by atoms with E-state index in [0.717, 1.165) is 65.7 Å². The quantitative estimate of drug-likeness (QED) is 0.669. The molecule has 18 heavy (non-hydrogen) atoms. The van der Waals surface area contributed by atoms with E-state index in [4.69, 9.17) is 9.47 Å². The van der Waals surface area contributed by atoms with E-state index >= 15 is 0 Å². The lowest BCUT2D eigenvalue weighted by atomic mass is 10.2. The second-order valence-corrected chi connectivity index (χ2v) is 4.95. The van der Waals surface area contributed by atoms with Crippen LogP contribution in [0.3, 0.4) is 0 Å². The summed E-state index contributed by atoms with van der Waals surface area (Å²) in [5, 5.41) is 0. The van der Waals surface area contributed by atoms with E-state index in [9.17, 15) is 4.79 Å². The Morgan fingerprint density at radius 3 is 1.56 bits per heavy atom. The van der Waals surface area contributed by atoms with Gasteiger partial charge in [0, 0.05) is 52.1 Å². The van der Waals surface area contributed by atoms with Crippen LogP contribution in [0.4, 0.5) is 0 Å².